The lowest BCUT2D eigenvalue weighted by Crippen LogP contribution is -2.48. The van der Waals surface area contributed by atoms with E-state index in [0.717, 1.165) is 11.4 Å². The van der Waals surface area contributed by atoms with Crippen LogP contribution in [0.25, 0.3) is 0 Å². The molecule has 1 saturated heterocycles. The van der Waals surface area contributed by atoms with Gasteiger partial charge in [0.15, 0.2) is 0 Å². The summed E-state index contributed by atoms with van der Waals surface area (Å²) in [5.41, 5.74) is 7.39. The number of nitrogen functional groups attached to an aromatic ring is 1. The van der Waals surface area contributed by atoms with E-state index in [2.05, 4.69) is 9.88 Å². The molecule has 0 atom stereocenters. The van der Waals surface area contributed by atoms with Crippen LogP contribution in [-0.4, -0.2) is 50.1 Å². The number of rotatable bonds is 2. The van der Waals surface area contributed by atoms with Crippen molar-refractivity contribution >= 4 is 21.5 Å². The minimum Gasteiger partial charge on any atom is -0.397 e. The van der Waals surface area contributed by atoms with E-state index in [9.17, 15) is 8.42 Å². The van der Waals surface area contributed by atoms with Crippen molar-refractivity contribution in [1.82, 2.24) is 9.29 Å². The second kappa shape index (κ2) is 4.74. The molecular formula is C11H18N4O2S. The Balaban J connectivity index is 2.08. The van der Waals surface area contributed by atoms with E-state index >= 15 is 0 Å². The molecule has 0 amide bonds. The fourth-order valence-corrected chi connectivity index (χ4v) is 2.80. The SMILES string of the molecule is Cc1cc(N2CCN(S(C)(=O)=O)CC2)ncc1N. The van der Waals surface area contributed by atoms with Gasteiger partial charge < -0.3 is 10.6 Å². The molecule has 100 valence electrons. The van der Waals surface area contributed by atoms with Gasteiger partial charge in [0.1, 0.15) is 5.82 Å². The number of aryl methyl sites for hydroxylation is 1. The first-order valence-electron chi connectivity index (χ1n) is 5.80. The van der Waals surface area contributed by atoms with E-state index < -0.39 is 10.0 Å². The Morgan fingerprint density at radius 2 is 1.89 bits per heavy atom. The Hall–Kier alpha value is -1.34. The zero-order chi connectivity index (χ0) is 13.3. The van der Waals surface area contributed by atoms with Gasteiger partial charge >= 0.3 is 0 Å². The molecule has 2 heterocycles. The van der Waals surface area contributed by atoms with Crippen LogP contribution in [0.5, 0.6) is 0 Å². The van der Waals surface area contributed by atoms with Crippen LogP contribution < -0.4 is 10.6 Å². The maximum absolute atomic E-state index is 11.4. The summed E-state index contributed by atoms with van der Waals surface area (Å²) in [5, 5.41) is 0. The number of piperazine rings is 1. The molecule has 6 nitrogen and oxygen atoms in total. The molecule has 0 bridgehead atoms. The molecule has 0 aliphatic carbocycles. The Morgan fingerprint density at radius 3 is 2.39 bits per heavy atom. The lowest BCUT2D eigenvalue weighted by molar-refractivity contribution is 0.387. The number of hydrogen-bond acceptors (Lipinski definition) is 5. The number of sulfonamides is 1. The summed E-state index contributed by atoms with van der Waals surface area (Å²) >= 11 is 0. The predicted octanol–water partition coefficient (Wildman–Crippen LogP) is 0.0538. The van der Waals surface area contributed by atoms with E-state index in [4.69, 9.17) is 5.73 Å². The lowest BCUT2D eigenvalue weighted by atomic mass is 10.2. The number of nitrogens with zero attached hydrogens (tertiary/aromatic N) is 3. The minimum absolute atomic E-state index is 0.504. The molecule has 18 heavy (non-hydrogen) atoms. The highest BCUT2D eigenvalue weighted by Crippen LogP contribution is 2.19. The van der Waals surface area contributed by atoms with Gasteiger partial charge in [-0.05, 0) is 18.6 Å². The minimum atomic E-state index is -3.08. The molecule has 2 rings (SSSR count). The summed E-state index contributed by atoms with van der Waals surface area (Å²) in [6.07, 6.45) is 2.89. The van der Waals surface area contributed by atoms with Gasteiger partial charge in [0.05, 0.1) is 18.1 Å². The van der Waals surface area contributed by atoms with Crippen LogP contribution in [0, 0.1) is 6.92 Å². The lowest BCUT2D eigenvalue weighted by Gasteiger charge is -2.34. The van der Waals surface area contributed by atoms with E-state index in [1.807, 2.05) is 13.0 Å². The largest absolute Gasteiger partial charge is 0.397 e. The van der Waals surface area contributed by atoms with Gasteiger partial charge in [0.25, 0.3) is 0 Å². The highest BCUT2D eigenvalue weighted by Gasteiger charge is 2.23. The molecule has 0 spiro atoms. The molecule has 1 aliphatic heterocycles. The first-order chi connectivity index (χ1) is 8.38. The highest BCUT2D eigenvalue weighted by molar-refractivity contribution is 7.88. The molecule has 0 unspecified atom stereocenters. The second-order valence-corrected chi connectivity index (χ2v) is 6.53. The predicted molar refractivity (Wildman–Crippen MR) is 72.0 cm³/mol. The maximum Gasteiger partial charge on any atom is 0.211 e. The first-order valence-corrected chi connectivity index (χ1v) is 7.65. The van der Waals surface area contributed by atoms with Gasteiger partial charge in [-0.1, -0.05) is 0 Å². The van der Waals surface area contributed by atoms with Crippen LogP contribution in [0.3, 0.4) is 0 Å². The van der Waals surface area contributed by atoms with Crippen LogP contribution in [0.15, 0.2) is 12.3 Å². The molecule has 0 radical (unpaired) electrons. The fourth-order valence-electron chi connectivity index (χ4n) is 1.97. The average molecular weight is 270 g/mol. The van der Waals surface area contributed by atoms with Crippen molar-refractivity contribution < 1.29 is 8.42 Å². The third-order valence-electron chi connectivity index (χ3n) is 3.17. The van der Waals surface area contributed by atoms with Gasteiger partial charge in [0.2, 0.25) is 10.0 Å². The van der Waals surface area contributed by atoms with Gasteiger partial charge in [0, 0.05) is 26.2 Å². The van der Waals surface area contributed by atoms with Crippen molar-refractivity contribution in [3.8, 4) is 0 Å². The van der Waals surface area contributed by atoms with Crippen molar-refractivity contribution in [1.29, 1.82) is 0 Å². The summed E-state index contributed by atoms with van der Waals surface area (Å²) in [6.45, 7) is 4.26. The third-order valence-corrected chi connectivity index (χ3v) is 4.47. The van der Waals surface area contributed by atoms with Crippen molar-refractivity contribution in [2.45, 2.75) is 6.92 Å². The number of nitrogens with two attached hydrogens (primary N) is 1. The van der Waals surface area contributed by atoms with Crippen LogP contribution in [-0.2, 0) is 10.0 Å². The Bertz CT molecular complexity index is 536. The monoisotopic (exact) mass is 270 g/mol. The quantitative estimate of drug-likeness (QED) is 0.821. The Labute approximate surface area is 107 Å². The topological polar surface area (TPSA) is 79.5 Å². The molecule has 1 fully saturated rings. The summed E-state index contributed by atoms with van der Waals surface area (Å²) in [6, 6.07) is 1.94. The molecule has 1 aromatic heterocycles. The normalized spacial score (nSPS) is 18.0. The van der Waals surface area contributed by atoms with Crippen LogP contribution >= 0.6 is 0 Å². The first kappa shape index (κ1) is 13.1. The Kier molecular flexibility index (Phi) is 3.45. The summed E-state index contributed by atoms with van der Waals surface area (Å²) in [4.78, 5) is 6.36. The van der Waals surface area contributed by atoms with Gasteiger partial charge in [-0.3, -0.25) is 0 Å². The zero-order valence-electron chi connectivity index (χ0n) is 10.6. The number of aromatic nitrogens is 1. The van der Waals surface area contributed by atoms with E-state index in [0.29, 0.717) is 31.9 Å². The molecule has 0 aromatic carbocycles. The van der Waals surface area contributed by atoms with Gasteiger partial charge in [-0.15, -0.1) is 0 Å². The van der Waals surface area contributed by atoms with Gasteiger partial charge in [-0.25, -0.2) is 13.4 Å². The standard InChI is InChI=1S/C11H18N4O2S/c1-9-7-11(13-8-10(9)12)14-3-5-15(6-4-14)18(2,16)17/h7-8H,3-6,12H2,1-2H3. The zero-order valence-corrected chi connectivity index (χ0v) is 11.4. The fraction of sp³-hybridized carbons (Fsp3) is 0.545. The average Bonchev–Trinajstić information content (AvgIpc) is 2.32. The molecule has 1 aliphatic rings. The molecule has 7 heteroatoms. The summed E-state index contributed by atoms with van der Waals surface area (Å²) in [5.74, 6) is 0.856. The van der Waals surface area contributed by atoms with Crippen molar-refractivity contribution in [3.63, 3.8) is 0 Å². The number of anilines is 2. The maximum atomic E-state index is 11.4. The van der Waals surface area contributed by atoms with Crippen LogP contribution in [0.4, 0.5) is 11.5 Å². The van der Waals surface area contributed by atoms with E-state index in [-0.39, 0.29) is 0 Å². The smallest absolute Gasteiger partial charge is 0.211 e. The molecule has 1 aromatic rings. The number of pyridine rings is 1. The Morgan fingerprint density at radius 1 is 1.28 bits per heavy atom. The number of hydrogen-bond donors (Lipinski definition) is 1. The van der Waals surface area contributed by atoms with Crippen molar-refractivity contribution in [2.24, 2.45) is 0 Å². The molecular weight excluding hydrogens is 252 g/mol. The van der Waals surface area contributed by atoms with E-state index in [1.54, 1.807) is 6.20 Å². The summed E-state index contributed by atoms with van der Waals surface area (Å²) < 4.78 is 24.3. The van der Waals surface area contributed by atoms with Crippen LogP contribution in [0.2, 0.25) is 0 Å². The second-order valence-electron chi connectivity index (χ2n) is 4.55. The third kappa shape index (κ3) is 2.73. The van der Waals surface area contributed by atoms with Crippen molar-refractivity contribution in [3.05, 3.63) is 17.8 Å². The molecule has 2 N–H and O–H groups in total. The molecule has 0 saturated carbocycles. The van der Waals surface area contributed by atoms with E-state index in [1.165, 1.54) is 10.6 Å². The van der Waals surface area contributed by atoms with Crippen molar-refractivity contribution in [2.75, 3.05) is 43.1 Å². The van der Waals surface area contributed by atoms with Gasteiger partial charge in [-0.2, -0.15) is 4.31 Å². The summed E-state index contributed by atoms with van der Waals surface area (Å²) in [7, 11) is -3.08. The van der Waals surface area contributed by atoms with Crippen LogP contribution in [0.1, 0.15) is 5.56 Å². The highest BCUT2D eigenvalue weighted by atomic mass is 32.2.